The molecule has 100 valence electrons. The minimum absolute atomic E-state index is 0.188. The van der Waals surface area contributed by atoms with Crippen molar-refractivity contribution in [2.45, 2.75) is 11.6 Å². The topological polar surface area (TPSA) is 72.3 Å². The molecule has 0 unspecified atom stereocenters. The fraction of sp³-hybridized carbons (Fsp3) is 0.250. The van der Waals surface area contributed by atoms with Crippen LogP contribution in [0.15, 0.2) is 23.2 Å². The highest BCUT2D eigenvalue weighted by Gasteiger charge is 2.13. The summed E-state index contributed by atoms with van der Waals surface area (Å²) in [7, 11) is 1.50. The Balaban J connectivity index is 2.52. The maximum absolute atomic E-state index is 13.8. The van der Waals surface area contributed by atoms with Crippen molar-refractivity contribution < 1.29 is 19.0 Å². The van der Waals surface area contributed by atoms with Crippen molar-refractivity contribution in [3.05, 3.63) is 29.8 Å². The molecule has 2 aromatic rings. The number of carboxylic acid groups (broad SMARTS) is 1. The summed E-state index contributed by atoms with van der Waals surface area (Å²) in [5.74, 6) is -1.24. The summed E-state index contributed by atoms with van der Waals surface area (Å²) in [6, 6.07) is 4.50. The number of carboxylic acids is 1. The van der Waals surface area contributed by atoms with Gasteiger partial charge in [-0.15, -0.1) is 0 Å². The molecule has 0 aliphatic carbocycles. The van der Waals surface area contributed by atoms with Gasteiger partial charge in [-0.25, -0.2) is 14.4 Å². The molecule has 0 amide bonds. The van der Waals surface area contributed by atoms with Crippen LogP contribution in [-0.2, 0) is 16.1 Å². The van der Waals surface area contributed by atoms with E-state index in [0.717, 1.165) is 11.8 Å². The number of aromatic nitrogens is 2. The first-order valence-corrected chi connectivity index (χ1v) is 6.39. The van der Waals surface area contributed by atoms with Gasteiger partial charge in [0.05, 0.1) is 16.7 Å². The maximum atomic E-state index is 13.8. The zero-order valence-corrected chi connectivity index (χ0v) is 10.9. The molecule has 0 saturated carbocycles. The number of fused-ring (bicyclic) bond motifs is 1. The summed E-state index contributed by atoms with van der Waals surface area (Å²) >= 11 is 0.966. The van der Waals surface area contributed by atoms with Crippen LogP contribution in [0.4, 0.5) is 4.39 Å². The van der Waals surface area contributed by atoms with Gasteiger partial charge in [-0.1, -0.05) is 17.8 Å². The number of nitrogens with zero attached hydrogens (tertiary/aromatic N) is 2. The number of methoxy groups -OCH3 is 1. The predicted molar refractivity (Wildman–Crippen MR) is 68.6 cm³/mol. The fourth-order valence-electron chi connectivity index (χ4n) is 1.58. The average Bonchev–Trinajstić information content (AvgIpc) is 2.36. The van der Waals surface area contributed by atoms with Crippen molar-refractivity contribution in [2.75, 3.05) is 12.9 Å². The van der Waals surface area contributed by atoms with E-state index in [2.05, 4.69) is 9.97 Å². The van der Waals surface area contributed by atoms with Crippen molar-refractivity contribution >= 4 is 28.6 Å². The van der Waals surface area contributed by atoms with E-state index in [4.69, 9.17) is 9.84 Å². The van der Waals surface area contributed by atoms with Crippen LogP contribution in [0.1, 0.15) is 5.82 Å². The van der Waals surface area contributed by atoms with Crippen LogP contribution in [0.2, 0.25) is 0 Å². The summed E-state index contributed by atoms with van der Waals surface area (Å²) in [6.45, 7) is 0.188. The zero-order valence-electron chi connectivity index (χ0n) is 10.1. The Morgan fingerprint density at radius 1 is 1.47 bits per heavy atom. The second-order valence-corrected chi connectivity index (χ2v) is 4.66. The Morgan fingerprint density at radius 3 is 2.95 bits per heavy atom. The SMILES string of the molecule is COCc1nc(SCC(=O)O)c2c(F)cccc2n1. The van der Waals surface area contributed by atoms with Gasteiger partial charge in [0.15, 0.2) is 5.82 Å². The maximum Gasteiger partial charge on any atom is 0.313 e. The van der Waals surface area contributed by atoms with Crippen LogP contribution in [-0.4, -0.2) is 33.9 Å². The molecule has 1 aromatic heterocycles. The quantitative estimate of drug-likeness (QED) is 0.668. The van der Waals surface area contributed by atoms with E-state index in [0.29, 0.717) is 16.4 Å². The van der Waals surface area contributed by atoms with Gasteiger partial charge in [-0.2, -0.15) is 0 Å². The first-order chi connectivity index (χ1) is 9.11. The molecular weight excluding hydrogens is 271 g/mol. The number of hydrogen-bond acceptors (Lipinski definition) is 5. The number of benzene rings is 1. The monoisotopic (exact) mass is 282 g/mol. The van der Waals surface area contributed by atoms with Crippen LogP contribution in [0.3, 0.4) is 0 Å². The number of aliphatic carboxylic acids is 1. The van der Waals surface area contributed by atoms with E-state index in [1.54, 1.807) is 12.1 Å². The highest BCUT2D eigenvalue weighted by molar-refractivity contribution is 8.00. The van der Waals surface area contributed by atoms with Crippen molar-refractivity contribution in [3.63, 3.8) is 0 Å². The van der Waals surface area contributed by atoms with E-state index < -0.39 is 11.8 Å². The molecule has 0 fully saturated rings. The van der Waals surface area contributed by atoms with E-state index in [1.165, 1.54) is 13.2 Å². The number of ether oxygens (including phenoxy) is 1. The lowest BCUT2D eigenvalue weighted by Crippen LogP contribution is -2.03. The Labute approximate surface area is 112 Å². The summed E-state index contributed by atoms with van der Waals surface area (Å²) in [5.41, 5.74) is 0.440. The third-order valence-electron chi connectivity index (χ3n) is 2.29. The standard InChI is InChI=1S/C12H11FN2O3S/c1-18-5-9-14-8-4-2-3-7(13)11(8)12(15-9)19-6-10(16)17/h2-4H,5-6H2,1H3,(H,16,17). The first kappa shape index (κ1) is 13.7. The zero-order chi connectivity index (χ0) is 13.8. The molecule has 0 aliphatic heterocycles. The number of thioether (sulfide) groups is 1. The first-order valence-electron chi connectivity index (χ1n) is 5.40. The van der Waals surface area contributed by atoms with Gasteiger partial charge in [-0.05, 0) is 12.1 Å². The van der Waals surface area contributed by atoms with Crippen LogP contribution in [0.25, 0.3) is 10.9 Å². The molecule has 1 heterocycles. The van der Waals surface area contributed by atoms with Crippen molar-refractivity contribution in [3.8, 4) is 0 Å². The van der Waals surface area contributed by atoms with Crippen LogP contribution in [0, 0.1) is 5.82 Å². The normalized spacial score (nSPS) is 10.8. The molecule has 1 aromatic carbocycles. The van der Waals surface area contributed by atoms with Gasteiger partial charge in [0.2, 0.25) is 0 Å². The smallest absolute Gasteiger partial charge is 0.313 e. The van der Waals surface area contributed by atoms with Gasteiger partial charge in [0.1, 0.15) is 17.5 Å². The third kappa shape index (κ3) is 3.18. The minimum Gasteiger partial charge on any atom is -0.481 e. The Hall–Kier alpha value is -1.73. The largest absolute Gasteiger partial charge is 0.481 e. The lowest BCUT2D eigenvalue weighted by molar-refractivity contribution is -0.133. The Bertz CT molecular complexity index is 621. The number of rotatable bonds is 5. The lowest BCUT2D eigenvalue weighted by Gasteiger charge is -2.07. The van der Waals surface area contributed by atoms with Crippen LogP contribution in [0.5, 0.6) is 0 Å². The molecule has 0 atom stereocenters. The molecule has 0 radical (unpaired) electrons. The molecular formula is C12H11FN2O3S. The van der Waals surface area contributed by atoms with Crippen molar-refractivity contribution in [1.82, 2.24) is 9.97 Å². The minimum atomic E-state index is -0.985. The van der Waals surface area contributed by atoms with E-state index in [9.17, 15) is 9.18 Å². The molecule has 7 heteroatoms. The van der Waals surface area contributed by atoms with Crippen LogP contribution < -0.4 is 0 Å². The molecule has 0 saturated heterocycles. The van der Waals surface area contributed by atoms with Gasteiger partial charge >= 0.3 is 5.97 Å². The second-order valence-electron chi connectivity index (χ2n) is 3.69. The van der Waals surface area contributed by atoms with Gasteiger partial charge in [0.25, 0.3) is 0 Å². The molecule has 1 N–H and O–H groups in total. The summed E-state index contributed by atoms with van der Waals surface area (Å²) in [4.78, 5) is 18.9. The highest BCUT2D eigenvalue weighted by atomic mass is 32.2. The fourth-order valence-corrected chi connectivity index (χ4v) is 2.36. The van der Waals surface area contributed by atoms with E-state index in [1.807, 2.05) is 0 Å². The summed E-state index contributed by atoms with van der Waals surface area (Å²) < 4.78 is 18.8. The van der Waals surface area contributed by atoms with Crippen molar-refractivity contribution in [2.24, 2.45) is 0 Å². The molecule has 19 heavy (non-hydrogen) atoms. The van der Waals surface area contributed by atoms with Gasteiger partial charge < -0.3 is 9.84 Å². The number of halogens is 1. The lowest BCUT2D eigenvalue weighted by atomic mass is 10.2. The van der Waals surface area contributed by atoms with Crippen molar-refractivity contribution in [1.29, 1.82) is 0 Å². The average molecular weight is 282 g/mol. The third-order valence-corrected chi connectivity index (χ3v) is 3.25. The van der Waals surface area contributed by atoms with E-state index in [-0.39, 0.29) is 17.7 Å². The van der Waals surface area contributed by atoms with Gasteiger partial charge in [-0.3, -0.25) is 4.79 Å². The molecule has 0 bridgehead atoms. The summed E-state index contributed by atoms with van der Waals surface area (Å²) in [6.07, 6.45) is 0. The molecule has 5 nitrogen and oxygen atoms in total. The van der Waals surface area contributed by atoms with Gasteiger partial charge in [0, 0.05) is 7.11 Å². The molecule has 0 aliphatic rings. The number of hydrogen-bond donors (Lipinski definition) is 1. The summed E-state index contributed by atoms with van der Waals surface area (Å²) in [5, 5.41) is 9.27. The highest BCUT2D eigenvalue weighted by Crippen LogP contribution is 2.27. The second kappa shape index (κ2) is 5.94. The molecule has 0 spiro atoms. The Morgan fingerprint density at radius 2 is 2.26 bits per heavy atom. The van der Waals surface area contributed by atoms with Crippen LogP contribution >= 0.6 is 11.8 Å². The molecule has 2 rings (SSSR count). The van der Waals surface area contributed by atoms with E-state index >= 15 is 0 Å². The number of carbonyl (C=O) groups is 1. The predicted octanol–water partition coefficient (Wildman–Crippen LogP) is 2.09. The Kier molecular flexibility index (Phi) is 4.28.